The van der Waals surface area contributed by atoms with Gasteiger partial charge in [-0.05, 0) is 139 Å². The number of nitrogens with zero attached hydrogens (tertiary/aromatic N) is 3. The zero-order valence-electron chi connectivity index (χ0n) is 43.6. The van der Waals surface area contributed by atoms with Gasteiger partial charge in [0.25, 0.3) is 0 Å². The van der Waals surface area contributed by atoms with Gasteiger partial charge >= 0.3 is 0 Å². The molecule has 2 heterocycles. The molecular weight excluding hydrogens is 851 g/mol. The van der Waals surface area contributed by atoms with Crippen molar-refractivity contribution in [3.8, 4) is 78.6 Å². The maximum absolute atomic E-state index is 12.7. The van der Waals surface area contributed by atoms with Crippen LogP contribution in [0.3, 0.4) is 0 Å². The van der Waals surface area contributed by atoms with E-state index in [0.29, 0.717) is 11.4 Å². The second-order valence-electron chi connectivity index (χ2n) is 23.7. The van der Waals surface area contributed by atoms with E-state index in [1.54, 1.807) is 0 Å². The number of pyridine rings is 1. The predicted octanol–water partition coefficient (Wildman–Crippen LogP) is 17.9. The molecule has 0 saturated carbocycles. The predicted molar refractivity (Wildman–Crippen MR) is 297 cm³/mol. The smallest absolute Gasteiger partial charge is 0.149 e. The van der Waals surface area contributed by atoms with E-state index in [2.05, 4.69) is 252 Å². The van der Waals surface area contributed by atoms with E-state index in [0.717, 1.165) is 84.5 Å². The van der Waals surface area contributed by atoms with Gasteiger partial charge in [-0.15, -0.1) is 0 Å². The van der Waals surface area contributed by atoms with Gasteiger partial charge in [-0.2, -0.15) is 0 Å². The lowest BCUT2D eigenvalue weighted by molar-refractivity contribution is 0.411. The molecule has 0 aliphatic heterocycles. The molecule has 0 spiro atoms. The Morgan fingerprint density at radius 1 is 0.471 bits per heavy atom. The lowest BCUT2D eigenvalue weighted by atomic mass is 9.79. The highest BCUT2D eigenvalue weighted by molar-refractivity contribution is 5.98. The van der Waals surface area contributed by atoms with Gasteiger partial charge in [-0.1, -0.05) is 192 Å². The van der Waals surface area contributed by atoms with Crippen LogP contribution in [0, 0.1) is 12.3 Å². The van der Waals surface area contributed by atoms with E-state index >= 15 is 0 Å². The van der Waals surface area contributed by atoms with Crippen molar-refractivity contribution in [3.63, 3.8) is 0 Å². The minimum absolute atomic E-state index is 0.152. The summed E-state index contributed by atoms with van der Waals surface area (Å²) >= 11 is 0. The van der Waals surface area contributed by atoms with Crippen LogP contribution in [-0.4, -0.2) is 19.6 Å². The molecule has 0 fully saturated rings. The molecule has 0 saturated heterocycles. The van der Waals surface area contributed by atoms with Gasteiger partial charge < -0.3 is 5.11 Å². The van der Waals surface area contributed by atoms with Gasteiger partial charge in [0.1, 0.15) is 11.6 Å². The molecule has 7 aromatic carbocycles. The summed E-state index contributed by atoms with van der Waals surface area (Å²) in [6.45, 7) is 29.2. The molecule has 1 N–H and O–H groups in total. The second-order valence-corrected chi connectivity index (χ2v) is 23.7. The van der Waals surface area contributed by atoms with Gasteiger partial charge in [0.15, 0.2) is 0 Å². The zero-order chi connectivity index (χ0) is 49.9. The third-order valence-electron chi connectivity index (χ3n) is 13.6. The van der Waals surface area contributed by atoms with Crippen molar-refractivity contribution >= 4 is 11.0 Å². The fraction of sp³-hybridized carbons (Fsp3) is 0.273. The highest BCUT2D eigenvalue weighted by Crippen LogP contribution is 2.46. The van der Waals surface area contributed by atoms with Gasteiger partial charge in [-0.3, -0.25) is 9.55 Å². The summed E-state index contributed by atoms with van der Waals surface area (Å²) in [6.07, 6.45) is 2.93. The third-order valence-corrected chi connectivity index (χ3v) is 13.6. The van der Waals surface area contributed by atoms with E-state index in [4.69, 9.17) is 9.97 Å². The Kier molecular flexibility index (Phi) is 12.4. The maximum Gasteiger partial charge on any atom is 0.149 e. The molecule has 0 unspecified atom stereocenters. The highest BCUT2D eigenvalue weighted by Gasteiger charge is 2.30. The van der Waals surface area contributed by atoms with E-state index in [9.17, 15) is 5.11 Å². The summed E-state index contributed by atoms with van der Waals surface area (Å²) in [7, 11) is 0. The molecule has 0 aliphatic rings. The number of aromatic hydroxyl groups is 1. The van der Waals surface area contributed by atoms with Crippen molar-refractivity contribution in [1.82, 2.24) is 14.5 Å². The van der Waals surface area contributed by atoms with Crippen LogP contribution in [0.4, 0.5) is 0 Å². The Hall–Kier alpha value is -7.04. The minimum Gasteiger partial charge on any atom is -0.507 e. The quantitative estimate of drug-likeness (QED) is 0.165. The fourth-order valence-electron chi connectivity index (χ4n) is 9.85. The lowest BCUT2D eigenvalue weighted by Gasteiger charge is -2.27. The van der Waals surface area contributed by atoms with Crippen LogP contribution >= 0.6 is 0 Å². The summed E-state index contributed by atoms with van der Waals surface area (Å²) in [5.74, 6) is 0.942. The topological polar surface area (TPSA) is 50.9 Å². The number of fused-ring (bicyclic) bond motifs is 1. The van der Waals surface area contributed by atoms with Crippen molar-refractivity contribution in [2.45, 2.75) is 113 Å². The molecular formula is C66H69N3O. The first-order valence-corrected chi connectivity index (χ1v) is 24.9. The molecule has 0 amide bonds. The number of phenols is 1. The van der Waals surface area contributed by atoms with Crippen LogP contribution in [-0.2, 0) is 22.7 Å². The van der Waals surface area contributed by atoms with E-state index < -0.39 is 0 Å². The standard InChI is InChI=1S/C66H69N3O/c1-42-33-43(41-63(2,3)4)27-29-52(42)47-28-30-58(54(37-47)45-23-18-15-19-24-45)69-59-26-20-25-53(60(59)68-62(69)55-39-51(65(8,9)10)40-56(61(55)70)66(11,12)13)48-34-49(36-50(35-48)64(5,6)7)57-38-46(31-32-67-57)44-21-16-14-17-22-44/h14-40,70H,41H2,1-13H3. The molecule has 4 nitrogen and oxygen atoms in total. The molecule has 4 heteroatoms. The number of phenolic OH excluding ortho intramolecular Hbond substituents is 1. The van der Waals surface area contributed by atoms with Gasteiger partial charge in [-0.25, -0.2) is 4.98 Å². The Morgan fingerprint density at radius 3 is 1.77 bits per heavy atom. The normalized spacial score (nSPS) is 12.5. The van der Waals surface area contributed by atoms with Crippen LogP contribution in [0.15, 0.2) is 164 Å². The summed E-state index contributed by atoms with van der Waals surface area (Å²) in [5.41, 5.74) is 19.7. The second kappa shape index (κ2) is 18.0. The van der Waals surface area contributed by atoms with Crippen molar-refractivity contribution < 1.29 is 5.11 Å². The zero-order valence-corrected chi connectivity index (χ0v) is 43.6. The largest absolute Gasteiger partial charge is 0.507 e. The first-order valence-electron chi connectivity index (χ1n) is 24.9. The number of imidazole rings is 1. The van der Waals surface area contributed by atoms with Crippen LogP contribution in [0.25, 0.3) is 83.9 Å². The third kappa shape index (κ3) is 9.75. The average molecular weight is 920 g/mol. The first-order chi connectivity index (χ1) is 33.0. The van der Waals surface area contributed by atoms with Crippen molar-refractivity contribution in [3.05, 3.63) is 192 Å². The molecule has 0 aliphatic carbocycles. The monoisotopic (exact) mass is 920 g/mol. The van der Waals surface area contributed by atoms with E-state index in [1.807, 2.05) is 6.20 Å². The molecule has 9 rings (SSSR count). The molecule has 0 atom stereocenters. The Bertz CT molecular complexity index is 3380. The summed E-state index contributed by atoms with van der Waals surface area (Å²) in [5, 5.41) is 12.7. The molecule has 70 heavy (non-hydrogen) atoms. The molecule has 0 bridgehead atoms. The Balaban J connectivity index is 1.34. The van der Waals surface area contributed by atoms with Crippen LogP contribution in [0.2, 0.25) is 0 Å². The van der Waals surface area contributed by atoms with Gasteiger partial charge in [0.2, 0.25) is 0 Å². The van der Waals surface area contributed by atoms with Crippen molar-refractivity contribution in [1.29, 1.82) is 0 Å². The van der Waals surface area contributed by atoms with Crippen LogP contribution in [0.1, 0.15) is 111 Å². The summed E-state index contributed by atoms with van der Waals surface area (Å²) < 4.78 is 2.30. The fourth-order valence-corrected chi connectivity index (χ4v) is 9.85. The highest BCUT2D eigenvalue weighted by atomic mass is 16.3. The number of rotatable bonds is 8. The van der Waals surface area contributed by atoms with E-state index in [-0.39, 0.29) is 27.4 Å². The van der Waals surface area contributed by atoms with Gasteiger partial charge in [0.05, 0.1) is 28.0 Å². The van der Waals surface area contributed by atoms with Crippen molar-refractivity contribution in [2.24, 2.45) is 5.41 Å². The summed E-state index contributed by atoms with van der Waals surface area (Å²) in [6, 6.07) is 57.1. The minimum atomic E-state index is -0.338. The first kappa shape index (κ1) is 48.0. The number of hydrogen-bond donors (Lipinski definition) is 1. The number of hydrogen-bond acceptors (Lipinski definition) is 3. The van der Waals surface area contributed by atoms with Gasteiger partial charge in [0, 0.05) is 28.5 Å². The number of aryl methyl sites for hydroxylation is 1. The number of aromatic nitrogens is 3. The lowest BCUT2D eigenvalue weighted by Crippen LogP contribution is -2.17. The molecule has 9 aromatic rings. The molecule has 0 radical (unpaired) electrons. The Morgan fingerprint density at radius 2 is 1.13 bits per heavy atom. The number of para-hydroxylation sites is 1. The van der Waals surface area contributed by atoms with E-state index in [1.165, 1.54) is 22.3 Å². The SMILES string of the molecule is Cc1cc(CC(C)(C)C)ccc1-c1ccc(-n2c(-c3cc(C(C)(C)C)cc(C(C)(C)C)c3O)nc3c(-c4cc(-c5cc(-c6ccccc6)ccn5)cc(C(C)(C)C)c4)cccc32)c(-c2ccccc2)c1. The molecule has 354 valence electrons. The van der Waals surface area contributed by atoms with Crippen LogP contribution < -0.4 is 0 Å². The van der Waals surface area contributed by atoms with Crippen molar-refractivity contribution in [2.75, 3.05) is 0 Å². The number of benzene rings is 7. The maximum atomic E-state index is 12.7. The van der Waals surface area contributed by atoms with Crippen LogP contribution in [0.5, 0.6) is 5.75 Å². The Labute approximate surface area is 417 Å². The summed E-state index contributed by atoms with van der Waals surface area (Å²) in [4.78, 5) is 10.7. The molecule has 2 aromatic heterocycles. The average Bonchev–Trinajstić information content (AvgIpc) is 3.70.